The van der Waals surface area contributed by atoms with Crippen LogP contribution in [0.5, 0.6) is 0 Å². The van der Waals surface area contributed by atoms with Crippen LogP contribution in [0.25, 0.3) is 0 Å². The molecule has 3 nitrogen and oxygen atoms in total. The molecular weight excluding hydrogens is 197 g/mol. The van der Waals surface area contributed by atoms with Crippen LogP contribution < -0.4 is 5.73 Å². The fourth-order valence-electron chi connectivity index (χ4n) is 2.20. The highest BCUT2D eigenvalue weighted by molar-refractivity contribution is 5.69. The van der Waals surface area contributed by atoms with Crippen molar-refractivity contribution in [1.82, 2.24) is 0 Å². The Kier molecular flexibility index (Phi) is 2.23. The van der Waals surface area contributed by atoms with E-state index in [1.165, 1.54) is 12.1 Å². The van der Waals surface area contributed by atoms with E-state index in [9.17, 15) is 9.18 Å². The SMILES string of the molecule is NC1(CC(=O)O)CCc2cc(F)ccc21. The van der Waals surface area contributed by atoms with Crippen molar-refractivity contribution in [3.8, 4) is 0 Å². The van der Waals surface area contributed by atoms with E-state index >= 15 is 0 Å². The van der Waals surface area contributed by atoms with E-state index in [1.807, 2.05) is 0 Å². The maximum absolute atomic E-state index is 12.9. The zero-order valence-corrected chi connectivity index (χ0v) is 8.16. The molecule has 3 N–H and O–H groups in total. The third kappa shape index (κ3) is 1.72. The second-order valence-electron chi connectivity index (χ2n) is 4.03. The Hall–Kier alpha value is -1.42. The Morgan fingerprint density at radius 1 is 1.60 bits per heavy atom. The number of carboxylic acids is 1. The van der Waals surface area contributed by atoms with Crippen LogP contribution in [0.1, 0.15) is 24.0 Å². The Morgan fingerprint density at radius 2 is 2.33 bits per heavy atom. The van der Waals surface area contributed by atoms with Crippen molar-refractivity contribution < 1.29 is 14.3 Å². The number of halogens is 1. The lowest BCUT2D eigenvalue weighted by molar-refractivity contribution is -0.138. The largest absolute Gasteiger partial charge is 0.481 e. The minimum Gasteiger partial charge on any atom is -0.481 e. The van der Waals surface area contributed by atoms with Gasteiger partial charge in [-0.3, -0.25) is 4.79 Å². The molecule has 0 radical (unpaired) electrons. The van der Waals surface area contributed by atoms with Gasteiger partial charge in [0.1, 0.15) is 5.82 Å². The third-order valence-electron chi connectivity index (χ3n) is 2.91. The van der Waals surface area contributed by atoms with Crippen molar-refractivity contribution in [2.45, 2.75) is 24.8 Å². The molecule has 0 fully saturated rings. The first-order valence-electron chi connectivity index (χ1n) is 4.81. The van der Waals surface area contributed by atoms with Gasteiger partial charge in [-0.2, -0.15) is 0 Å². The minimum atomic E-state index is -0.922. The lowest BCUT2D eigenvalue weighted by Gasteiger charge is -2.22. The van der Waals surface area contributed by atoms with Crippen LogP contribution in [0, 0.1) is 5.82 Å². The van der Waals surface area contributed by atoms with Crippen LogP contribution in [0.15, 0.2) is 18.2 Å². The first kappa shape index (κ1) is 10.1. The second kappa shape index (κ2) is 3.31. The molecule has 1 aliphatic rings. The predicted octanol–water partition coefficient (Wildman–Crippen LogP) is 1.40. The molecule has 80 valence electrons. The first-order chi connectivity index (χ1) is 7.01. The summed E-state index contributed by atoms with van der Waals surface area (Å²) < 4.78 is 12.9. The highest BCUT2D eigenvalue weighted by atomic mass is 19.1. The Balaban J connectivity index is 2.39. The molecule has 1 aromatic carbocycles. The lowest BCUT2D eigenvalue weighted by Crippen LogP contribution is -2.36. The summed E-state index contributed by atoms with van der Waals surface area (Å²) in [5.74, 6) is -1.22. The fraction of sp³-hybridized carbons (Fsp3) is 0.364. The van der Waals surface area contributed by atoms with Crippen molar-refractivity contribution in [3.63, 3.8) is 0 Å². The van der Waals surface area contributed by atoms with Crippen molar-refractivity contribution in [3.05, 3.63) is 35.1 Å². The lowest BCUT2D eigenvalue weighted by atomic mass is 9.89. The van der Waals surface area contributed by atoms with E-state index in [1.54, 1.807) is 6.07 Å². The molecule has 0 amide bonds. The number of aliphatic carboxylic acids is 1. The van der Waals surface area contributed by atoms with Crippen LogP contribution in [0.3, 0.4) is 0 Å². The van der Waals surface area contributed by atoms with Crippen LogP contribution in [-0.2, 0) is 16.8 Å². The Bertz CT molecular complexity index is 419. The van der Waals surface area contributed by atoms with E-state index < -0.39 is 11.5 Å². The summed E-state index contributed by atoms with van der Waals surface area (Å²) in [5.41, 5.74) is 6.80. The number of nitrogens with two attached hydrogens (primary N) is 1. The van der Waals surface area contributed by atoms with Gasteiger partial charge in [-0.05, 0) is 36.1 Å². The summed E-state index contributed by atoms with van der Waals surface area (Å²) in [6, 6.07) is 4.36. The minimum absolute atomic E-state index is 0.106. The molecule has 0 aliphatic heterocycles. The smallest absolute Gasteiger partial charge is 0.305 e. The highest BCUT2D eigenvalue weighted by Gasteiger charge is 2.36. The number of carbonyl (C=O) groups is 1. The fourth-order valence-corrected chi connectivity index (χ4v) is 2.20. The highest BCUT2D eigenvalue weighted by Crippen LogP contribution is 2.37. The number of hydrogen-bond donors (Lipinski definition) is 2. The first-order valence-corrected chi connectivity index (χ1v) is 4.81. The molecule has 1 aromatic rings. The Morgan fingerprint density at radius 3 is 3.00 bits per heavy atom. The molecule has 0 saturated carbocycles. The van der Waals surface area contributed by atoms with E-state index in [4.69, 9.17) is 10.8 Å². The topological polar surface area (TPSA) is 63.3 Å². The average molecular weight is 209 g/mol. The van der Waals surface area contributed by atoms with Gasteiger partial charge >= 0.3 is 5.97 Å². The summed E-state index contributed by atoms with van der Waals surface area (Å²) in [7, 11) is 0. The van der Waals surface area contributed by atoms with Gasteiger partial charge in [-0.25, -0.2) is 4.39 Å². The predicted molar refractivity (Wildman–Crippen MR) is 52.8 cm³/mol. The van der Waals surface area contributed by atoms with Gasteiger partial charge in [0.25, 0.3) is 0 Å². The molecule has 15 heavy (non-hydrogen) atoms. The molecule has 2 rings (SSSR count). The quantitative estimate of drug-likeness (QED) is 0.773. The van der Waals surface area contributed by atoms with Gasteiger partial charge in [-0.1, -0.05) is 6.07 Å². The van der Waals surface area contributed by atoms with E-state index in [0.29, 0.717) is 12.8 Å². The van der Waals surface area contributed by atoms with Crippen molar-refractivity contribution in [2.75, 3.05) is 0 Å². The second-order valence-corrected chi connectivity index (χ2v) is 4.03. The number of carboxylic acid groups (broad SMARTS) is 1. The Labute approximate surface area is 86.7 Å². The van der Waals surface area contributed by atoms with Gasteiger partial charge in [0, 0.05) is 0 Å². The van der Waals surface area contributed by atoms with Crippen molar-refractivity contribution >= 4 is 5.97 Å². The summed E-state index contributed by atoms with van der Waals surface area (Å²) in [4.78, 5) is 10.7. The molecule has 1 aliphatic carbocycles. The summed E-state index contributed by atoms with van der Waals surface area (Å²) in [6.07, 6.45) is 1.11. The standard InChI is InChI=1S/C11H12FNO2/c12-8-1-2-9-7(5-8)3-4-11(9,13)6-10(14)15/h1-2,5H,3-4,6,13H2,(H,14,15). The third-order valence-corrected chi connectivity index (χ3v) is 2.91. The molecule has 0 bridgehead atoms. The van der Waals surface area contributed by atoms with E-state index in [-0.39, 0.29) is 12.2 Å². The van der Waals surface area contributed by atoms with Crippen molar-refractivity contribution in [2.24, 2.45) is 5.73 Å². The van der Waals surface area contributed by atoms with Crippen LogP contribution in [-0.4, -0.2) is 11.1 Å². The maximum atomic E-state index is 12.9. The van der Waals surface area contributed by atoms with Crippen LogP contribution >= 0.6 is 0 Å². The molecule has 4 heteroatoms. The number of aryl methyl sites for hydroxylation is 1. The normalized spacial score (nSPS) is 23.9. The molecule has 1 unspecified atom stereocenters. The molecule has 0 heterocycles. The van der Waals surface area contributed by atoms with Gasteiger partial charge < -0.3 is 10.8 Å². The van der Waals surface area contributed by atoms with E-state index in [2.05, 4.69) is 0 Å². The van der Waals surface area contributed by atoms with Crippen molar-refractivity contribution in [1.29, 1.82) is 0 Å². The van der Waals surface area contributed by atoms with Gasteiger partial charge in [-0.15, -0.1) is 0 Å². The number of fused-ring (bicyclic) bond motifs is 1. The summed E-state index contributed by atoms with van der Waals surface area (Å²) in [6.45, 7) is 0. The maximum Gasteiger partial charge on any atom is 0.305 e. The summed E-state index contributed by atoms with van der Waals surface area (Å²) >= 11 is 0. The molecule has 0 spiro atoms. The monoisotopic (exact) mass is 209 g/mol. The van der Waals surface area contributed by atoms with Gasteiger partial charge in [0.2, 0.25) is 0 Å². The zero-order chi connectivity index (χ0) is 11.1. The molecule has 0 saturated heterocycles. The number of rotatable bonds is 2. The average Bonchev–Trinajstić information content (AvgIpc) is 2.42. The summed E-state index contributed by atoms with van der Waals surface area (Å²) in [5, 5.41) is 8.77. The zero-order valence-electron chi connectivity index (χ0n) is 8.16. The number of hydrogen-bond acceptors (Lipinski definition) is 2. The van der Waals surface area contributed by atoms with Gasteiger partial charge in [0.15, 0.2) is 0 Å². The number of benzene rings is 1. The molecule has 1 atom stereocenters. The van der Waals surface area contributed by atoms with Crippen LogP contribution in [0.2, 0.25) is 0 Å². The molecular formula is C11H12FNO2. The van der Waals surface area contributed by atoms with Gasteiger partial charge in [0.05, 0.1) is 12.0 Å². The van der Waals surface area contributed by atoms with Crippen LogP contribution in [0.4, 0.5) is 4.39 Å². The van der Waals surface area contributed by atoms with E-state index in [0.717, 1.165) is 11.1 Å². The molecule has 0 aromatic heterocycles.